The van der Waals surface area contributed by atoms with Crippen molar-refractivity contribution in [2.75, 3.05) is 0 Å². The highest BCUT2D eigenvalue weighted by molar-refractivity contribution is 7.32. The van der Waals surface area contributed by atoms with Crippen molar-refractivity contribution in [3.63, 3.8) is 0 Å². The highest BCUT2D eigenvalue weighted by Crippen LogP contribution is 2.31. The maximum atomic E-state index is 11.5. The molecule has 1 nitrogen and oxygen atoms in total. The van der Waals surface area contributed by atoms with Crippen molar-refractivity contribution in [2.24, 2.45) is 0 Å². The van der Waals surface area contributed by atoms with Gasteiger partial charge in [0.25, 0.3) is 0 Å². The molecule has 0 N–H and O–H groups in total. The number of hydrogen-bond donors (Lipinski definition) is 0. The lowest BCUT2D eigenvalue weighted by molar-refractivity contribution is 0.101. The molecule has 2 aromatic rings. The van der Waals surface area contributed by atoms with Gasteiger partial charge in [-0.05, 0) is 48.2 Å². The lowest BCUT2D eigenvalue weighted by Crippen LogP contribution is -2.03. The van der Waals surface area contributed by atoms with E-state index < -0.39 is 0 Å². The molecule has 0 aliphatic heterocycles. The van der Waals surface area contributed by atoms with Crippen molar-refractivity contribution in [1.29, 1.82) is 0 Å². The molecule has 3 rings (SSSR count). The number of ketones is 1. The summed E-state index contributed by atoms with van der Waals surface area (Å²) < 4.78 is 0. The number of thiophene rings is 1. The summed E-state index contributed by atoms with van der Waals surface area (Å²) in [6.07, 6.45) is 3.68. The second-order valence-electron chi connectivity index (χ2n) is 4.79. The van der Waals surface area contributed by atoms with E-state index in [0.717, 1.165) is 10.9 Å². The molecule has 0 radical (unpaired) electrons. The van der Waals surface area contributed by atoms with Crippen molar-refractivity contribution >= 4 is 31.7 Å². The number of rotatable bonds is 2. The fourth-order valence-electron chi connectivity index (χ4n) is 2.58. The monoisotopic (exact) mass is 274 g/mol. The Hall–Kier alpha value is -0.980. The Morgan fingerprint density at radius 3 is 2.78 bits per heavy atom. The molecule has 0 bridgehead atoms. The minimum atomic E-state index is 0.142. The van der Waals surface area contributed by atoms with E-state index >= 15 is 0 Å². The van der Waals surface area contributed by atoms with E-state index in [1.165, 1.54) is 40.8 Å². The number of aryl methyl sites for hydroxylation is 2. The van der Waals surface area contributed by atoms with E-state index in [2.05, 4.69) is 27.4 Å². The molecule has 1 unspecified atom stereocenters. The van der Waals surface area contributed by atoms with Crippen molar-refractivity contribution in [3.05, 3.63) is 40.3 Å². The zero-order valence-corrected chi connectivity index (χ0v) is 12.3. The number of carbonyl (C=O) groups is 1. The van der Waals surface area contributed by atoms with Gasteiger partial charge in [0.1, 0.15) is 0 Å². The number of carbonyl (C=O) groups excluding carboxylic acids is 1. The second kappa shape index (κ2) is 4.60. The first-order valence-electron chi connectivity index (χ1n) is 6.17. The zero-order valence-electron chi connectivity index (χ0n) is 10.3. The molecule has 0 amide bonds. The molecule has 1 heterocycles. The summed E-state index contributed by atoms with van der Waals surface area (Å²) in [5.41, 5.74) is 5.06. The van der Waals surface area contributed by atoms with E-state index in [1.54, 1.807) is 18.3 Å². The van der Waals surface area contributed by atoms with Gasteiger partial charge >= 0.3 is 0 Å². The van der Waals surface area contributed by atoms with E-state index in [4.69, 9.17) is 0 Å². The van der Waals surface area contributed by atoms with Crippen LogP contribution in [0.25, 0.3) is 10.4 Å². The van der Waals surface area contributed by atoms with Gasteiger partial charge in [-0.2, -0.15) is 0 Å². The van der Waals surface area contributed by atoms with Gasteiger partial charge in [0.05, 0.1) is 0 Å². The summed E-state index contributed by atoms with van der Waals surface area (Å²) in [5.74, 6) is 0.142. The normalized spacial score (nSPS) is 13.7. The van der Waals surface area contributed by atoms with Crippen LogP contribution in [0.4, 0.5) is 0 Å². The van der Waals surface area contributed by atoms with Crippen LogP contribution in [-0.2, 0) is 12.8 Å². The molecule has 1 aromatic carbocycles. The molecule has 92 valence electrons. The molecule has 3 heteroatoms. The van der Waals surface area contributed by atoms with Crippen LogP contribution in [0.2, 0.25) is 0 Å². The van der Waals surface area contributed by atoms with Crippen LogP contribution in [0, 0.1) is 0 Å². The van der Waals surface area contributed by atoms with Crippen molar-refractivity contribution in [2.45, 2.75) is 26.2 Å². The fourth-order valence-corrected chi connectivity index (χ4v) is 4.38. The topological polar surface area (TPSA) is 17.1 Å². The zero-order chi connectivity index (χ0) is 12.7. The van der Waals surface area contributed by atoms with Gasteiger partial charge in [-0.15, -0.1) is 20.6 Å². The molecule has 18 heavy (non-hydrogen) atoms. The highest BCUT2D eigenvalue weighted by atomic mass is 32.1. The minimum Gasteiger partial charge on any atom is -0.294 e. The molecular formula is C15H15OPS. The first-order chi connectivity index (χ1) is 8.66. The Morgan fingerprint density at radius 1 is 1.28 bits per heavy atom. The third kappa shape index (κ3) is 1.94. The van der Waals surface area contributed by atoms with Crippen molar-refractivity contribution < 1.29 is 4.79 Å². The van der Waals surface area contributed by atoms with E-state index in [-0.39, 0.29) is 5.78 Å². The quantitative estimate of drug-likeness (QED) is 0.604. The first-order valence-corrected chi connectivity index (χ1v) is 7.62. The predicted octanol–water partition coefficient (Wildman–Crippen LogP) is 3.61. The third-order valence-corrected chi connectivity index (χ3v) is 5.42. The number of hydrogen-bond acceptors (Lipinski definition) is 2. The van der Waals surface area contributed by atoms with Crippen LogP contribution in [-0.4, -0.2) is 5.78 Å². The van der Waals surface area contributed by atoms with Gasteiger partial charge in [0.2, 0.25) is 0 Å². The second-order valence-corrected chi connectivity index (χ2v) is 6.24. The lowest BCUT2D eigenvalue weighted by atomic mass is 10.0. The molecule has 1 aromatic heterocycles. The number of benzene rings is 1. The van der Waals surface area contributed by atoms with E-state index in [9.17, 15) is 4.79 Å². The van der Waals surface area contributed by atoms with Crippen LogP contribution >= 0.6 is 20.6 Å². The van der Waals surface area contributed by atoms with E-state index in [0.29, 0.717) is 0 Å². The van der Waals surface area contributed by atoms with Gasteiger partial charge in [-0.1, -0.05) is 18.2 Å². The van der Waals surface area contributed by atoms with Gasteiger partial charge in [0, 0.05) is 15.8 Å². The maximum absolute atomic E-state index is 11.5. The van der Waals surface area contributed by atoms with Crippen LogP contribution in [0.3, 0.4) is 0 Å². The Kier molecular flexibility index (Phi) is 3.09. The van der Waals surface area contributed by atoms with Gasteiger partial charge < -0.3 is 0 Å². The van der Waals surface area contributed by atoms with Gasteiger partial charge in [-0.25, -0.2) is 0 Å². The SMILES string of the molecule is CC(=O)c1csc(-c2ccc3c(c2)CCC3)c1P. The van der Waals surface area contributed by atoms with Crippen LogP contribution in [0.1, 0.15) is 34.8 Å². The molecule has 1 atom stereocenters. The molecule has 0 spiro atoms. The Morgan fingerprint density at radius 2 is 2.06 bits per heavy atom. The Labute approximate surface area is 113 Å². The van der Waals surface area contributed by atoms with Crippen molar-refractivity contribution in [3.8, 4) is 10.4 Å². The fraction of sp³-hybridized carbons (Fsp3) is 0.267. The van der Waals surface area contributed by atoms with Crippen LogP contribution in [0.5, 0.6) is 0 Å². The van der Waals surface area contributed by atoms with Crippen LogP contribution in [0.15, 0.2) is 23.6 Å². The molecule has 0 saturated heterocycles. The summed E-state index contributed by atoms with van der Waals surface area (Å²) in [6, 6.07) is 6.73. The Balaban J connectivity index is 2.07. The van der Waals surface area contributed by atoms with Crippen molar-refractivity contribution in [1.82, 2.24) is 0 Å². The third-order valence-electron chi connectivity index (χ3n) is 3.57. The summed E-state index contributed by atoms with van der Waals surface area (Å²) in [6.45, 7) is 1.63. The first kappa shape index (κ1) is 12.1. The number of fused-ring (bicyclic) bond motifs is 1. The lowest BCUT2D eigenvalue weighted by Gasteiger charge is -2.04. The van der Waals surface area contributed by atoms with Gasteiger partial charge in [-0.3, -0.25) is 4.79 Å². The molecule has 1 aliphatic rings. The summed E-state index contributed by atoms with van der Waals surface area (Å²) in [5, 5.41) is 3.01. The summed E-state index contributed by atoms with van der Waals surface area (Å²) in [4.78, 5) is 12.7. The molecule has 0 saturated carbocycles. The molecular weight excluding hydrogens is 259 g/mol. The molecule has 0 fully saturated rings. The average Bonchev–Trinajstić information content (AvgIpc) is 2.93. The standard InChI is InChI=1S/C15H15OPS/c1-9(16)13-8-18-15(14(13)17)12-6-5-10-3-2-4-11(10)7-12/h5-8H,2-4,17H2,1H3. The maximum Gasteiger partial charge on any atom is 0.161 e. The largest absolute Gasteiger partial charge is 0.294 e. The summed E-state index contributed by atoms with van der Waals surface area (Å²) in [7, 11) is 2.72. The average molecular weight is 274 g/mol. The predicted molar refractivity (Wildman–Crippen MR) is 81.1 cm³/mol. The van der Waals surface area contributed by atoms with Gasteiger partial charge in [0.15, 0.2) is 5.78 Å². The molecule has 1 aliphatic carbocycles. The summed E-state index contributed by atoms with van der Waals surface area (Å²) >= 11 is 1.66. The highest BCUT2D eigenvalue weighted by Gasteiger charge is 2.15. The smallest absolute Gasteiger partial charge is 0.161 e. The minimum absolute atomic E-state index is 0.142. The number of Topliss-reactive ketones (excluding diaryl/α,β-unsaturated/α-hetero) is 1. The van der Waals surface area contributed by atoms with Crippen LogP contribution < -0.4 is 5.30 Å². The van der Waals surface area contributed by atoms with E-state index in [1.807, 2.05) is 5.38 Å². The Bertz CT molecular complexity index is 627.